The van der Waals surface area contributed by atoms with Crippen molar-refractivity contribution in [1.29, 1.82) is 0 Å². The molecule has 1 fully saturated rings. The molecule has 6 rings (SSSR count). The van der Waals surface area contributed by atoms with Gasteiger partial charge in [0.2, 0.25) is 5.60 Å². The van der Waals surface area contributed by atoms with Crippen LogP contribution in [0.2, 0.25) is 0 Å². The van der Waals surface area contributed by atoms with Crippen molar-refractivity contribution < 1.29 is 74.0 Å². The van der Waals surface area contributed by atoms with Gasteiger partial charge in [-0.2, -0.15) is 14.6 Å². The normalized spacial score (nSPS) is 17.1. The number of β-lactam (4-membered cyclic amide) rings is 1. The Labute approximate surface area is 345 Å². The molecule has 3 aromatic heterocycles. The van der Waals surface area contributed by atoms with Gasteiger partial charge in [0.15, 0.2) is 28.2 Å². The number of aryl methyl sites for hydroxylation is 1. The standard InChI is InChI=1S/C31H31N11O9S3.Na/c1-13-6-20(42-30(34-13)36-19(9-43)39-42)52-10-15-11-53-26-22(25(47)41(26)23(15)27(48)49)37-24(46)21(16-12-54-29(32)35-16)40-51-31(2,3)28(50)38-33-8-14-4-5-17(44)18(45)7-14;/h4-8,12,22,26,43-45H,9-11H2,1-3H3,(H2,32,35)(H,37,46)(H,38,50)(H,48,49);/q;+1/p-1/t22?,26-;/m1./s1. The number of hydrogen-bond acceptors (Lipinski definition) is 19. The molecule has 3 amide bonds. The van der Waals surface area contributed by atoms with E-state index < -0.39 is 46.4 Å². The molecular formula is C31H30N11NaO9S3. The van der Waals surface area contributed by atoms with Gasteiger partial charge in [-0.05, 0) is 56.2 Å². The maximum absolute atomic E-state index is 13.6. The van der Waals surface area contributed by atoms with Gasteiger partial charge in [0, 0.05) is 22.6 Å². The van der Waals surface area contributed by atoms with Crippen molar-refractivity contribution in [2.75, 3.05) is 17.2 Å². The summed E-state index contributed by atoms with van der Waals surface area (Å²) >= 11 is 3.48. The summed E-state index contributed by atoms with van der Waals surface area (Å²) in [5.74, 6) is -3.88. The molecule has 2 aliphatic heterocycles. The van der Waals surface area contributed by atoms with E-state index >= 15 is 0 Å². The average molecular weight is 820 g/mol. The van der Waals surface area contributed by atoms with E-state index in [9.17, 15) is 39.6 Å². The summed E-state index contributed by atoms with van der Waals surface area (Å²) < 4.78 is 1.44. The maximum Gasteiger partial charge on any atom is 1.00 e. The van der Waals surface area contributed by atoms with Gasteiger partial charge >= 0.3 is 29.6 Å². The Morgan fingerprint density at radius 2 is 1.96 bits per heavy atom. The molecule has 55 heavy (non-hydrogen) atoms. The number of aromatic hydroxyl groups is 2. The summed E-state index contributed by atoms with van der Waals surface area (Å²) in [4.78, 5) is 71.4. The fourth-order valence-electron chi connectivity index (χ4n) is 5.04. The minimum absolute atomic E-state index is 0. The fourth-order valence-corrected chi connectivity index (χ4v) is 8.12. The summed E-state index contributed by atoms with van der Waals surface area (Å²) in [5.41, 5.74) is 7.03. The van der Waals surface area contributed by atoms with Crippen molar-refractivity contribution in [2.24, 2.45) is 10.3 Å². The number of hydrogen-bond donors (Lipinski definition) is 6. The number of phenols is 2. The number of nitrogens with two attached hydrogens (primary N) is 1. The van der Waals surface area contributed by atoms with Crippen molar-refractivity contribution >= 4 is 81.4 Å². The smallest absolute Gasteiger partial charge is 0.543 e. The fraction of sp³-hybridized carbons (Fsp3) is 0.290. The largest absolute Gasteiger partial charge is 1.00 e. The van der Waals surface area contributed by atoms with Gasteiger partial charge in [-0.15, -0.1) is 40.0 Å². The number of hydrazone groups is 1. The van der Waals surface area contributed by atoms with E-state index in [0.717, 1.165) is 16.2 Å². The van der Waals surface area contributed by atoms with Gasteiger partial charge in [-0.3, -0.25) is 19.3 Å². The number of amides is 3. The summed E-state index contributed by atoms with van der Waals surface area (Å²) in [6.07, 6.45) is 1.21. The van der Waals surface area contributed by atoms with E-state index in [-0.39, 0.29) is 87.3 Å². The number of nitrogen functional groups attached to an aromatic ring is 1. The number of carbonyl (C=O) groups excluding carboxylic acids is 4. The van der Waals surface area contributed by atoms with Crippen LogP contribution in [-0.2, 0) is 30.6 Å². The van der Waals surface area contributed by atoms with Crippen LogP contribution >= 0.6 is 34.9 Å². The van der Waals surface area contributed by atoms with Gasteiger partial charge in [-0.25, -0.2) is 15.4 Å². The number of thiazole rings is 1. The number of aliphatic hydroxyl groups is 1. The van der Waals surface area contributed by atoms with E-state index in [1.807, 2.05) is 0 Å². The zero-order valence-corrected chi connectivity index (χ0v) is 33.9. The Balaban J connectivity index is 0.00000580. The number of oxime groups is 1. The first-order valence-electron chi connectivity index (χ1n) is 15.7. The first-order chi connectivity index (χ1) is 25.7. The minimum atomic E-state index is -1.71. The topological polar surface area (TPSA) is 295 Å². The molecule has 7 N–H and O–H groups in total. The van der Waals surface area contributed by atoms with Crippen LogP contribution in [0.5, 0.6) is 11.5 Å². The SMILES string of the molecule is Cc1cc(SCC2=C(C(=O)[O-])N3C(=O)C(NC(=O)C(=NOC(C)(C)C(=O)NN=Cc4ccc(O)c(O)c4)c4csc(N)n4)[C@H]3SC2)n2nc(CO)nc2n1.[Na+]. The van der Waals surface area contributed by atoms with Gasteiger partial charge in [0.05, 0.1) is 17.9 Å². The zero-order chi connectivity index (χ0) is 38.9. The van der Waals surface area contributed by atoms with Gasteiger partial charge in [0.25, 0.3) is 23.5 Å². The van der Waals surface area contributed by atoms with Crippen LogP contribution in [0.3, 0.4) is 0 Å². The summed E-state index contributed by atoms with van der Waals surface area (Å²) in [6.45, 7) is 4.07. The van der Waals surface area contributed by atoms with Crippen LogP contribution in [0.1, 0.15) is 36.6 Å². The van der Waals surface area contributed by atoms with Crippen molar-refractivity contribution in [1.82, 2.24) is 40.2 Å². The molecule has 2 atom stereocenters. The summed E-state index contributed by atoms with van der Waals surface area (Å²) in [5, 5.41) is 56.8. The number of carbonyl (C=O) groups is 4. The van der Waals surface area contributed by atoms with Gasteiger partial charge in [0.1, 0.15) is 28.7 Å². The number of phenolic OH excluding ortho intramolecular Hbond substituents is 2. The number of nitrogens with one attached hydrogen (secondary N) is 2. The molecule has 0 radical (unpaired) electrons. The predicted octanol–water partition coefficient (Wildman–Crippen LogP) is -3.78. The quantitative estimate of drug-likeness (QED) is 0.0144. The van der Waals surface area contributed by atoms with E-state index in [4.69, 9.17) is 10.6 Å². The number of rotatable bonds is 13. The molecule has 0 aliphatic carbocycles. The number of carboxylic acid groups (broad SMARTS) is 1. The number of anilines is 1. The third-order valence-corrected chi connectivity index (χ3v) is 10.9. The molecule has 2 aliphatic rings. The minimum Gasteiger partial charge on any atom is -0.543 e. The number of thioether (sulfide) groups is 2. The van der Waals surface area contributed by atoms with Gasteiger partial charge < -0.3 is 41.1 Å². The number of carboxylic acids is 1. The van der Waals surface area contributed by atoms with Crippen molar-refractivity contribution in [3.8, 4) is 11.5 Å². The average Bonchev–Trinajstić information content (AvgIpc) is 3.76. The monoisotopic (exact) mass is 819 g/mol. The molecule has 1 unspecified atom stereocenters. The second-order valence-electron chi connectivity index (χ2n) is 12.1. The second kappa shape index (κ2) is 16.9. The number of aromatic nitrogens is 5. The summed E-state index contributed by atoms with van der Waals surface area (Å²) in [7, 11) is 0. The Bertz CT molecular complexity index is 2280. The van der Waals surface area contributed by atoms with Crippen LogP contribution in [0.15, 0.2) is 56.2 Å². The first-order valence-corrected chi connectivity index (χ1v) is 18.6. The molecule has 4 aromatic rings. The Morgan fingerprint density at radius 1 is 1.20 bits per heavy atom. The number of benzene rings is 1. The predicted molar refractivity (Wildman–Crippen MR) is 193 cm³/mol. The molecule has 1 saturated heterocycles. The molecule has 1 aromatic carbocycles. The summed E-state index contributed by atoms with van der Waals surface area (Å²) in [6, 6.07) is 4.49. The molecule has 24 heteroatoms. The van der Waals surface area contributed by atoms with Crippen LogP contribution in [-0.4, -0.2) is 109 Å². The molecular weight excluding hydrogens is 790 g/mol. The van der Waals surface area contributed by atoms with Crippen LogP contribution in [0.25, 0.3) is 5.78 Å². The van der Waals surface area contributed by atoms with Crippen molar-refractivity contribution in [2.45, 2.75) is 49.4 Å². The van der Waals surface area contributed by atoms with Gasteiger partial charge in [-0.1, -0.05) is 5.16 Å². The second-order valence-corrected chi connectivity index (χ2v) is 15.1. The van der Waals surface area contributed by atoms with E-state index in [2.05, 4.69) is 41.1 Å². The molecule has 282 valence electrons. The molecule has 20 nitrogen and oxygen atoms in total. The van der Waals surface area contributed by atoms with E-state index in [1.165, 1.54) is 71.7 Å². The Morgan fingerprint density at radius 3 is 2.64 bits per heavy atom. The maximum atomic E-state index is 13.6. The third-order valence-electron chi connectivity index (χ3n) is 7.79. The molecule has 0 bridgehead atoms. The zero-order valence-electron chi connectivity index (χ0n) is 29.4. The van der Waals surface area contributed by atoms with Crippen molar-refractivity contribution in [3.05, 3.63) is 63.7 Å². The Hall–Kier alpha value is -4.78. The Kier molecular flexibility index (Phi) is 12.7. The first kappa shape index (κ1) is 41.4. The van der Waals surface area contributed by atoms with Crippen molar-refractivity contribution in [3.63, 3.8) is 0 Å². The number of fused-ring (bicyclic) bond motifs is 2. The third kappa shape index (κ3) is 8.87. The molecule has 0 saturated carbocycles. The van der Waals surface area contributed by atoms with E-state index in [0.29, 0.717) is 21.9 Å². The molecule has 0 spiro atoms. The van der Waals surface area contributed by atoms with Crippen LogP contribution < -0.4 is 51.1 Å². The van der Waals surface area contributed by atoms with E-state index in [1.54, 1.807) is 13.0 Å². The van der Waals surface area contributed by atoms with Crippen LogP contribution in [0.4, 0.5) is 5.13 Å². The number of nitrogens with zero attached hydrogens (tertiary/aromatic N) is 8. The molecule has 5 heterocycles. The van der Waals surface area contributed by atoms with Crippen LogP contribution in [0, 0.1) is 6.92 Å². The number of aliphatic carboxylic acids is 1. The number of aliphatic hydroxyl groups excluding tert-OH is 1.